The summed E-state index contributed by atoms with van der Waals surface area (Å²) in [6, 6.07) is 9.38. The van der Waals surface area contributed by atoms with Crippen LogP contribution in [0.4, 0.5) is 0 Å². The first-order chi connectivity index (χ1) is 6.82. The van der Waals surface area contributed by atoms with Crippen LogP contribution in [0.1, 0.15) is 24.0 Å². The van der Waals surface area contributed by atoms with Gasteiger partial charge in [0.2, 0.25) is 6.08 Å². The third-order valence-electron chi connectivity index (χ3n) is 2.53. The van der Waals surface area contributed by atoms with Crippen LogP contribution in [0.15, 0.2) is 29.3 Å². The molecule has 0 radical (unpaired) electrons. The number of isocyanates is 1. The maximum atomic E-state index is 10.3. The van der Waals surface area contributed by atoms with Gasteiger partial charge in [0.1, 0.15) is 0 Å². The molecule has 0 aromatic heterocycles. The summed E-state index contributed by atoms with van der Waals surface area (Å²) >= 11 is 0. The Labute approximate surface area is 81.7 Å². The quantitative estimate of drug-likeness (QED) is 0.520. The van der Waals surface area contributed by atoms with Gasteiger partial charge in [-0.15, -0.1) is 0 Å². The lowest BCUT2D eigenvalue weighted by atomic mass is 10.00. The van der Waals surface area contributed by atoms with E-state index in [9.17, 15) is 4.79 Å². The average Bonchev–Trinajstić information content (AvgIpc) is 2.99. The van der Waals surface area contributed by atoms with E-state index in [1.54, 1.807) is 12.1 Å². The second kappa shape index (κ2) is 3.10. The zero-order valence-corrected chi connectivity index (χ0v) is 7.53. The van der Waals surface area contributed by atoms with Gasteiger partial charge in [0.25, 0.3) is 0 Å². The highest BCUT2D eigenvalue weighted by Crippen LogP contribution is 2.50. The first-order valence-corrected chi connectivity index (χ1v) is 4.41. The molecule has 0 amide bonds. The molecule has 0 aliphatic heterocycles. The van der Waals surface area contributed by atoms with Gasteiger partial charge in [-0.25, -0.2) is 4.79 Å². The fourth-order valence-electron chi connectivity index (χ4n) is 1.63. The van der Waals surface area contributed by atoms with Crippen LogP contribution in [0.5, 0.6) is 0 Å². The summed E-state index contributed by atoms with van der Waals surface area (Å²) in [6.45, 7) is 0. The van der Waals surface area contributed by atoms with E-state index in [-0.39, 0.29) is 0 Å². The van der Waals surface area contributed by atoms with Gasteiger partial charge in [-0.1, -0.05) is 18.2 Å². The second-order valence-electron chi connectivity index (χ2n) is 3.39. The van der Waals surface area contributed by atoms with Crippen LogP contribution in [-0.2, 0) is 10.3 Å². The first kappa shape index (κ1) is 8.68. The predicted octanol–water partition coefficient (Wildman–Crippen LogP) is 1.88. The highest BCUT2D eigenvalue weighted by molar-refractivity contribution is 5.48. The third kappa shape index (κ3) is 1.22. The van der Waals surface area contributed by atoms with Crippen LogP contribution in [0.3, 0.4) is 0 Å². The summed E-state index contributed by atoms with van der Waals surface area (Å²) in [6.07, 6.45) is 3.25. The van der Waals surface area contributed by atoms with E-state index in [2.05, 4.69) is 11.1 Å². The zero-order chi connectivity index (χ0) is 10.0. The highest BCUT2D eigenvalue weighted by atomic mass is 16.1. The number of nitriles is 1. The maximum absolute atomic E-state index is 10.3. The molecule has 3 heteroatoms. The molecule has 0 unspecified atom stereocenters. The van der Waals surface area contributed by atoms with E-state index in [0.717, 1.165) is 18.4 Å². The number of aliphatic imine (C=N–C) groups is 1. The molecule has 1 aromatic rings. The molecule has 1 fully saturated rings. The van der Waals surface area contributed by atoms with Crippen molar-refractivity contribution < 1.29 is 4.79 Å². The normalized spacial score (nSPS) is 16.5. The molecule has 1 aliphatic rings. The van der Waals surface area contributed by atoms with Crippen molar-refractivity contribution in [1.82, 2.24) is 0 Å². The second-order valence-corrected chi connectivity index (χ2v) is 3.39. The van der Waals surface area contributed by atoms with Crippen LogP contribution in [0.2, 0.25) is 0 Å². The molecule has 0 heterocycles. The molecule has 0 bridgehead atoms. The molecule has 0 atom stereocenters. The van der Waals surface area contributed by atoms with Crippen LogP contribution in [0, 0.1) is 11.3 Å². The molecular weight excluding hydrogens is 176 g/mol. The summed E-state index contributed by atoms with van der Waals surface area (Å²) < 4.78 is 0. The minimum Gasteiger partial charge on any atom is -0.211 e. The van der Waals surface area contributed by atoms with Gasteiger partial charge in [0.15, 0.2) is 0 Å². The van der Waals surface area contributed by atoms with Gasteiger partial charge >= 0.3 is 0 Å². The molecule has 0 spiro atoms. The molecule has 68 valence electrons. The molecule has 1 aliphatic carbocycles. The van der Waals surface area contributed by atoms with Crippen molar-refractivity contribution in [2.45, 2.75) is 18.4 Å². The Balaban J connectivity index is 2.52. The summed E-state index contributed by atoms with van der Waals surface area (Å²) in [7, 11) is 0. The monoisotopic (exact) mass is 184 g/mol. The number of nitrogens with zero attached hydrogens (tertiary/aromatic N) is 2. The van der Waals surface area contributed by atoms with Crippen molar-refractivity contribution in [2.24, 2.45) is 4.99 Å². The Morgan fingerprint density at radius 1 is 1.36 bits per heavy atom. The van der Waals surface area contributed by atoms with Crippen molar-refractivity contribution in [1.29, 1.82) is 5.26 Å². The summed E-state index contributed by atoms with van der Waals surface area (Å²) in [5.74, 6) is 0. The summed E-state index contributed by atoms with van der Waals surface area (Å²) in [5.41, 5.74) is 1.02. The summed E-state index contributed by atoms with van der Waals surface area (Å²) in [4.78, 5) is 14.0. The largest absolute Gasteiger partial charge is 0.235 e. The lowest BCUT2D eigenvalue weighted by Gasteiger charge is -2.08. The Morgan fingerprint density at radius 3 is 2.64 bits per heavy atom. The molecule has 14 heavy (non-hydrogen) atoms. The van der Waals surface area contributed by atoms with E-state index < -0.39 is 5.54 Å². The predicted molar refractivity (Wildman–Crippen MR) is 50.2 cm³/mol. The van der Waals surface area contributed by atoms with E-state index in [0.29, 0.717) is 5.56 Å². The lowest BCUT2D eigenvalue weighted by Crippen LogP contribution is -2.04. The van der Waals surface area contributed by atoms with Gasteiger partial charge < -0.3 is 0 Å². The minimum atomic E-state index is -0.436. The van der Waals surface area contributed by atoms with Crippen LogP contribution < -0.4 is 0 Å². The molecule has 1 aromatic carbocycles. The Kier molecular flexibility index (Phi) is 1.92. The zero-order valence-electron chi connectivity index (χ0n) is 7.53. The lowest BCUT2D eigenvalue weighted by molar-refractivity contribution is 0.556. The maximum Gasteiger partial charge on any atom is 0.235 e. The molecular formula is C11H8N2O. The van der Waals surface area contributed by atoms with E-state index in [4.69, 9.17) is 5.26 Å². The van der Waals surface area contributed by atoms with Gasteiger partial charge in [-0.3, -0.25) is 0 Å². The van der Waals surface area contributed by atoms with E-state index in [1.807, 2.05) is 18.2 Å². The molecule has 1 saturated carbocycles. The minimum absolute atomic E-state index is 0.436. The first-order valence-electron chi connectivity index (χ1n) is 4.41. The van der Waals surface area contributed by atoms with E-state index in [1.165, 1.54) is 0 Å². The number of rotatable bonds is 2. The van der Waals surface area contributed by atoms with Gasteiger partial charge in [-0.2, -0.15) is 10.3 Å². The van der Waals surface area contributed by atoms with Crippen molar-refractivity contribution in [3.8, 4) is 6.07 Å². The van der Waals surface area contributed by atoms with Gasteiger partial charge in [-0.05, 0) is 24.5 Å². The van der Waals surface area contributed by atoms with Gasteiger partial charge in [0.05, 0.1) is 17.2 Å². The molecule has 3 nitrogen and oxygen atoms in total. The van der Waals surface area contributed by atoms with Crippen LogP contribution in [0.25, 0.3) is 0 Å². The van der Waals surface area contributed by atoms with Crippen molar-refractivity contribution in [3.63, 3.8) is 0 Å². The molecule has 2 rings (SSSR count). The number of hydrogen-bond acceptors (Lipinski definition) is 3. The van der Waals surface area contributed by atoms with E-state index >= 15 is 0 Å². The number of hydrogen-bond donors (Lipinski definition) is 0. The number of benzene rings is 1. The van der Waals surface area contributed by atoms with Crippen LogP contribution >= 0.6 is 0 Å². The average molecular weight is 184 g/mol. The van der Waals surface area contributed by atoms with Gasteiger partial charge in [0, 0.05) is 0 Å². The smallest absolute Gasteiger partial charge is 0.211 e. The highest BCUT2D eigenvalue weighted by Gasteiger charge is 2.46. The Hall–Kier alpha value is -1.91. The summed E-state index contributed by atoms with van der Waals surface area (Å²) in [5, 5.41) is 8.89. The Morgan fingerprint density at radius 2 is 2.07 bits per heavy atom. The van der Waals surface area contributed by atoms with Crippen molar-refractivity contribution in [3.05, 3.63) is 35.4 Å². The van der Waals surface area contributed by atoms with Crippen molar-refractivity contribution >= 4 is 6.08 Å². The molecule has 0 N–H and O–H groups in total. The fraction of sp³-hybridized carbons (Fsp3) is 0.273. The Bertz CT molecular complexity index is 449. The standard InChI is InChI=1S/C11H8N2O/c12-7-9-3-1-2-4-10(9)11(5-6-11)13-8-14/h1-4H,5-6H2. The third-order valence-corrected chi connectivity index (χ3v) is 2.53. The van der Waals surface area contributed by atoms with Crippen molar-refractivity contribution in [2.75, 3.05) is 0 Å². The molecule has 0 saturated heterocycles. The van der Waals surface area contributed by atoms with Crippen LogP contribution in [-0.4, -0.2) is 6.08 Å². The number of carbonyl (C=O) groups excluding carboxylic acids is 1. The topological polar surface area (TPSA) is 53.2 Å². The fourth-order valence-corrected chi connectivity index (χ4v) is 1.63. The SMILES string of the molecule is N#Cc1ccccc1C1(N=C=O)CC1.